The number of methoxy groups -OCH3 is 1. The number of carbonyl (C=O) groups excluding carboxylic acids is 1. The molecule has 1 atom stereocenters. The van der Waals surface area contributed by atoms with Gasteiger partial charge < -0.3 is 15.2 Å². The second-order valence-electron chi connectivity index (χ2n) is 6.32. The second-order valence-corrected chi connectivity index (χ2v) is 7.35. The fraction of sp³-hybridized carbons (Fsp3) is 0.389. The number of amides is 1. The van der Waals surface area contributed by atoms with Crippen LogP contribution >= 0.6 is 11.3 Å². The normalized spacial score (nSPS) is 12.5. The number of nitrogens with zero attached hydrogens (tertiary/aromatic N) is 1. The largest absolute Gasteiger partial charge is 0.497 e. The number of carboxylic acids is 1. The van der Waals surface area contributed by atoms with Crippen LogP contribution in [0.25, 0.3) is 0 Å². The predicted molar refractivity (Wildman–Crippen MR) is 96.4 cm³/mol. The number of carboxylic acid groups (broad SMARTS) is 1. The van der Waals surface area contributed by atoms with Gasteiger partial charge in [0, 0.05) is 0 Å². The van der Waals surface area contributed by atoms with E-state index < -0.39 is 11.4 Å². The molecule has 0 aliphatic carbocycles. The Morgan fingerprint density at radius 1 is 1.28 bits per heavy atom. The Morgan fingerprint density at radius 2 is 1.88 bits per heavy atom. The highest BCUT2D eigenvalue weighted by atomic mass is 32.1. The van der Waals surface area contributed by atoms with Crippen LogP contribution in [0.2, 0.25) is 0 Å². The van der Waals surface area contributed by atoms with Gasteiger partial charge in [0.2, 0.25) is 5.91 Å². The molecule has 1 amide bonds. The SMILES string of the molecule is COc1ccc(C(C)(C)C(=O)NC(C)c2nc(C)c(C(=O)O)s2)cc1. The van der Waals surface area contributed by atoms with Crippen molar-refractivity contribution in [2.45, 2.75) is 39.2 Å². The van der Waals surface area contributed by atoms with E-state index in [4.69, 9.17) is 9.84 Å². The van der Waals surface area contributed by atoms with Crippen LogP contribution in [0.5, 0.6) is 5.75 Å². The van der Waals surface area contributed by atoms with E-state index in [2.05, 4.69) is 10.3 Å². The Labute approximate surface area is 150 Å². The maximum atomic E-state index is 12.7. The third-order valence-electron chi connectivity index (χ3n) is 4.10. The molecule has 0 fully saturated rings. The first-order valence-corrected chi connectivity index (χ1v) is 8.64. The third kappa shape index (κ3) is 3.99. The molecule has 0 bridgehead atoms. The number of thiazole rings is 1. The highest BCUT2D eigenvalue weighted by Gasteiger charge is 2.31. The second kappa shape index (κ2) is 7.23. The molecular formula is C18H22N2O4S. The molecule has 0 saturated heterocycles. The van der Waals surface area contributed by atoms with Gasteiger partial charge in [-0.2, -0.15) is 0 Å². The van der Waals surface area contributed by atoms with Gasteiger partial charge in [0.05, 0.1) is 24.3 Å². The number of nitrogens with one attached hydrogen (secondary N) is 1. The lowest BCUT2D eigenvalue weighted by Gasteiger charge is -2.26. The van der Waals surface area contributed by atoms with Crippen LogP contribution in [-0.2, 0) is 10.2 Å². The molecule has 0 aliphatic heterocycles. The van der Waals surface area contributed by atoms with Crippen LogP contribution in [0.1, 0.15) is 52.7 Å². The molecule has 0 saturated carbocycles. The number of rotatable bonds is 6. The highest BCUT2D eigenvalue weighted by Crippen LogP contribution is 2.28. The molecular weight excluding hydrogens is 340 g/mol. The number of ether oxygens (including phenoxy) is 1. The molecule has 1 unspecified atom stereocenters. The molecule has 0 aliphatic rings. The Kier molecular flexibility index (Phi) is 5.47. The average Bonchev–Trinajstić information content (AvgIpc) is 2.97. The van der Waals surface area contributed by atoms with Crippen molar-refractivity contribution >= 4 is 23.2 Å². The maximum Gasteiger partial charge on any atom is 0.347 e. The van der Waals surface area contributed by atoms with E-state index in [0.717, 1.165) is 22.6 Å². The monoisotopic (exact) mass is 362 g/mol. The first kappa shape index (κ1) is 18.9. The molecule has 25 heavy (non-hydrogen) atoms. The van der Waals surface area contributed by atoms with Crippen molar-refractivity contribution in [1.82, 2.24) is 10.3 Å². The minimum Gasteiger partial charge on any atom is -0.497 e. The summed E-state index contributed by atoms with van der Waals surface area (Å²) in [6, 6.07) is 6.98. The number of hydrogen-bond acceptors (Lipinski definition) is 5. The highest BCUT2D eigenvalue weighted by molar-refractivity contribution is 7.13. The number of aromatic nitrogens is 1. The average molecular weight is 362 g/mol. The predicted octanol–water partition coefficient (Wildman–Crippen LogP) is 3.31. The Morgan fingerprint density at radius 3 is 2.36 bits per heavy atom. The number of carbonyl (C=O) groups is 2. The van der Waals surface area contributed by atoms with Gasteiger partial charge >= 0.3 is 5.97 Å². The molecule has 1 heterocycles. The van der Waals surface area contributed by atoms with Crippen LogP contribution in [0.15, 0.2) is 24.3 Å². The summed E-state index contributed by atoms with van der Waals surface area (Å²) in [7, 11) is 1.59. The number of aryl methyl sites for hydroxylation is 1. The van der Waals surface area contributed by atoms with Crippen molar-refractivity contribution in [1.29, 1.82) is 0 Å². The first-order valence-electron chi connectivity index (χ1n) is 7.83. The van der Waals surface area contributed by atoms with Gasteiger partial charge in [-0.05, 0) is 45.4 Å². The van der Waals surface area contributed by atoms with Gasteiger partial charge in [0.15, 0.2) is 0 Å². The summed E-state index contributed by atoms with van der Waals surface area (Å²) in [5.41, 5.74) is 0.574. The van der Waals surface area contributed by atoms with E-state index in [0.29, 0.717) is 10.7 Å². The third-order valence-corrected chi connectivity index (χ3v) is 5.43. The van der Waals surface area contributed by atoms with E-state index in [9.17, 15) is 9.59 Å². The van der Waals surface area contributed by atoms with Gasteiger partial charge in [0.1, 0.15) is 15.6 Å². The molecule has 2 rings (SSSR count). The lowest BCUT2D eigenvalue weighted by atomic mass is 9.83. The minimum absolute atomic E-state index is 0.158. The fourth-order valence-electron chi connectivity index (χ4n) is 2.38. The molecule has 6 nitrogen and oxygen atoms in total. The van der Waals surface area contributed by atoms with Gasteiger partial charge in [-0.25, -0.2) is 9.78 Å². The van der Waals surface area contributed by atoms with Crippen molar-refractivity contribution in [3.05, 3.63) is 45.4 Å². The smallest absolute Gasteiger partial charge is 0.347 e. The van der Waals surface area contributed by atoms with E-state index in [1.165, 1.54) is 0 Å². The first-order chi connectivity index (χ1) is 11.7. The summed E-state index contributed by atoms with van der Waals surface area (Å²) in [4.78, 5) is 28.4. The summed E-state index contributed by atoms with van der Waals surface area (Å²) in [6.07, 6.45) is 0. The number of hydrogen-bond donors (Lipinski definition) is 2. The molecule has 1 aromatic carbocycles. The molecule has 2 aromatic rings. The Hall–Kier alpha value is -2.41. The minimum atomic E-state index is -1.00. The lowest BCUT2D eigenvalue weighted by molar-refractivity contribution is -0.126. The standard InChI is InChI=1S/C18H22N2O4S/c1-10-14(16(21)22)25-15(19-10)11(2)20-17(23)18(3,4)12-6-8-13(24-5)9-7-12/h6-9,11H,1-5H3,(H,20,23)(H,21,22). The maximum absolute atomic E-state index is 12.7. The van der Waals surface area contributed by atoms with Crippen molar-refractivity contribution in [3.63, 3.8) is 0 Å². The quantitative estimate of drug-likeness (QED) is 0.823. The van der Waals surface area contributed by atoms with Crippen LogP contribution in [0, 0.1) is 6.92 Å². The Balaban J connectivity index is 2.16. The lowest BCUT2D eigenvalue weighted by Crippen LogP contribution is -2.41. The molecule has 7 heteroatoms. The van der Waals surface area contributed by atoms with Gasteiger partial charge in [-0.3, -0.25) is 4.79 Å². The van der Waals surface area contributed by atoms with Crippen molar-refractivity contribution < 1.29 is 19.4 Å². The van der Waals surface area contributed by atoms with E-state index in [1.54, 1.807) is 21.0 Å². The summed E-state index contributed by atoms with van der Waals surface area (Å²) in [6.45, 7) is 7.13. The summed E-state index contributed by atoms with van der Waals surface area (Å²) < 4.78 is 5.14. The fourth-order valence-corrected chi connectivity index (χ4v) is 3.29. The topological polar surface area (TPSA) is 88.5 Å². The van der Waals surface area contributed by atoms with Crippen molar-refractivity contribution in [2.75, 3.05) is 7.11 Å². The van der Waals surface area contributed by atoms with Crippen molar-refractivity contribution in [2.24, 2.45) is 0 Å². The molecule has 0 radical (unpaired) electrons. The molecule has 0 spiro atoms. The summed E-state index contributed by atoms with van der Waals surface area (Å²) >= 11 is 1.09. The Bertz CT molecular complexity index is 781. The summed E-state index contributed by atoms with van der Waals surface area (Å²) in [5, 5.41) is 12.6. The molecule has 134 valence electrons. The number of benzene rings is 1. The van der Waals surface area contributed by atoms with Crippen LogP contribution in [-0.4, -0.2) is 29.1 Å². The van der Waals surface area contributed by atoms with Gasteiger partial charge in [0.25, 0.3) is 0 Å². The van der Waals surface area contributed by atoms with Crippen LogP contribution in [0.4, 0.5) is 0 Å². The summed E-state index contributed by atoms with van der Waals surface area (Å²) in [5.74, 6) is -0.430. The zero-order chi connectivity index (χ0) is 18.8. The zero-order valence-electron chi connectivity index (χ0n) is 14.9. The van der Waals surface area contributed by atoms with Gasteiger partial charge in [-0.1, -0.05) is 12.1 Å². The van der Waals surface area contributed by atoms with E-state index >= 15 is 0 Å². The van der Waals surface area contributed by atoms with E-state index in [1.807, 2.05) is 38.1 Å². The van der Waals surface area contributed by atoms with Crippen LogP contribution in [0.3, 0.4) is 0 Å². The number of aromatic carboxylic acids is 1. The molecule has 2 N–H and O–H groups in total. The molecule has 1 aromatic heterocycles. The zero-order valence-corrected chi connectivity index (χ0v) is 15.7. The van der Waals surface area contributed by atoms with E-state index in [-0.39, 0.29) is 16.8 Å². The van der Waals surface area contributed by atoms with Gasteiger partial charge in [-0.15, -0.1) is 11.3 Å². The van der Waals surface area contributed by atoms with Crippen molar-refractivity contribution in [3.8, 4) is 5.75 Å². The van der Waals surface area contributed by atoms with Crippen LogP contribution < -0.4 is 10.1 Å².